The molecule has 0 aliphatic heterocycles. The topological polar surface area (TPSA) is 26.3 Å². The molecule has 2 heteroatoms. The molecule has 2 rings (SSSR count). The van der Waals surface area contributed by atoms with Crippen LogP contribution >= 0.6 is 0 Å². The van der Waals surface area contributed by atoms with Gasteiger partial charge in [0.15, 0.2) is 0 Å². The van der Waals surface area contributed by atoms with E-state index in [1.54, 1.807) is 6.08 Å². The number of carbonyl (C=O) groups is 1. The third kappa shape index (κ3) is 4.44. The first-order chi connectivity index (χ1) is 9.75. The first kappa shape index (κ1) is 14.1. The second-order valence-corrected chi connectivity index (χ2v) is 4.71. The van der Waals surface area contributed by atoms with Crippen molar-refractivity contribution in [1.82, 2.24) is 0 Å². The zero-order valence-electron chi connectivity index (χ0n) is 11.7. The Labute approximate surface area is 120 Å². The summed E-state index contributed by atoms with van der Waals surface area (Å²) in [5.74, 6) is 6.31. The maximum absolute atomic E-state index is 11.2. The van der Waals surface area contributed by atoms with Gasteiger partial charge in [0, 0.05) is 18.6 Å². The fourth-order valence-electron chi connectivity index (χ4n) is 2.07. The maximum Gasteiger partial charge on any atom is 0.308 e. The molecule has 0 amide bonds. The molecule has 0 spiro atoms. The Kier molecular flexibility index (Phi) is 5.20. The van der Waals surface area contributed by atoms with Gasteiger partial charge in [0.25, 0.3) is 0 Å². The molecule has 0 radical (unpaired) electrons. The highest BCUT2D eigenvalue weighted by molar-refractivity contribution is 5.77. The number of hydrogen-bond donors (Lipinski definition) is 0. The number of rotatable bonds is 2. The van der Waals surface area contributed by atoms with E-state index in [9.17, 15) is 4.79 Å². The van der Waals surface area contributed by atoms with Crippen LogP contribution in [0.2, 0.25) is 0 Å². The van der Waals surface area contributed by atoms with E-state index >= 15 is 0 Å². The summed E-state index contributed by atoms with van der Waals surface area (Å²) < 4.78 is 5.23. The van der Waals surface area contributed by atoms with E-state index in [-0.39, 0.29) is 5.97 Å². The molecular formula is C18H18O2. The molecule has 1 aromatic rings. The van der Waals surface area contributed by atoms with Crippen molar-refractivity contribution in [3.63, 3.8) is 0 Å². The Morgan fingerprint density at radius 2 is 2.05 bits per heavy atom. The van der Waals surface area contributed by atoms with Crippen LogP contribution < -0.4 is 0 Å². The van der Waals surface area contributed by atoms with Crippen molar-refractivity contribution in [2.24, 2.45) is 0 Å². The second kappa shape index (κ2) is 7.35. The summed E-state index contributed by atoms with van der Waals surface area (Å²) in [6, 6.07) is 9.54. The summed E-state index contributed by atoms with van der Waals surface area (Å²) in [7, 11) is 0. The van der Waals surface area contributed by atoms with E-state index in [0.29, 0.717) is 5.76 Å². The average Bonchev–Trinajstić information content (AvgIpc) is 2.48. The lowest BCUT2D eigenvalue weighted by Gasteiger charge is -2.06. The SMILES string of the molecule is CC(=O)O/C(=C\C#CC1=CCCCC1)c1ccccc1. The van der Waals surface area contributed by atoms with E-state index in [4.69, 9.17) is 4.74 Å². The highest BCUT2D eigenvalue weighted by Gasteiger charge is 2.04. The van der Waals surface area contributed by atoms with E-state index in [1.165, 1.54) is 25.3 Å². The van der Waals surface area contributed by atoms with Gasteiger partial charge in [-0.05, 0) is 31.3 Å². The molecule has 0 saturated heterocycles. The minimum atomic E-state index is -0.334. The molecular weight excluding hydrogens is 248 g/mol. The van der Waals surface area contributed by atoms with Crippen molar-refractivity contribution in [2.45, 2.75) is 32.6 Å². The van der Waals surface area contributed by atoms with Crippen molar-refractivity contribution >= 4 is 11.7 Å². The lowest BCUT2D eigenvalue weighted by Crippen LogP contribution is -1.98. The number of hydrogen-bond acceptors (Lipinski definition) is 2. The molecule has 0 bridgehead atoms. The zero-order valence-corrected chi connectivity index (χ0v) is 11.7. The van der Waals surface area contributed by atoms with E-state index < -0.39 is 0 Å². The number of esters is 1. The van der Waals surface area contributed by atoms with Crippen LogP contribution in [0.15, 0.2) is 48.1 Å². The second-order valence-electron chi connectivity index (χ2n) is 4.71. The summed E-state index contributed by atoms with van der Waals surface area (Å²) >= 11 is 0. The standard InChI is InChI=1S/C18H18O2/c1-15(19)20-18(17-12-6-3-7-13-17)14-8-11-16-9-4-2-5-10-16/h3,6-7,9,12-14H,2,4-5,10H2,1H3/b18-14-. The summed E-state index contributed by atoms with van der Waals surface area (Å²) in [6.45, 7) is 1.40. The first-order valence-electron chi connectivity index (χ1n) is 6.90. The molecule has 2 nitrogen and oxygen atoms in total. The summed E-state index contributed by atoms with van der Waals surface area (Å²) in [5, 5.41) is 0. The van der Waals surface area contributed by atoms with Gasteiger partial charge in [-0.1, -0.05) is 48.2 Å². The van der Waals surface area contributed by atoms with Crippen molar-refractivity contribution in [3.05, 3.63) is 53.6 Å². The largest absolute Gasteiger partial charge is 0.425 e. The first-order valence-corrected chi connectivity index (χ1v) is 6.90. The van der Waals surface area contributed by atoms with Crippen molar-refractivity contribution in [2.75, 3.05) is 0 Å². The Bertz CT molecular complexity index is 583. The molecule has 20 heavy (non-hydrogen) atoms. The van der Waals surface area contributed by atoms with Crippen molar-refractivity contribution < 1.29 is 9.53 Å². The highest BCUT2D eigenvalue weighted by Crippen LogP contribution is 2.17. The smallest absolute Gasteiger partial charge is 0.308 e. The Morgan fingerprint density at radius 3 is 2.70 bits per heavy atom. The van der Waals surface area contributed by atoms with Crippen molar-refractivity contribution in [1.29, 1.82) is 0 Å². The monoisotopic (exact) mass is 266 g/mol. The molecule has 1 aromatic carbocycles. The molecule has 0 atom stereocenters. The average molecular weight is 266 g/mol. The lowest BCUT2D eigenvalue weighted by molar-refractivity contribution is -0.134. The summed E-state index contributed by atoms with van der Waals surface area (Å²) in [4.78, 5) is 11.2. The van der Waals surface area contributed by atoms with Gasteiger partial charge in [0.2, 0.25) is 0 Å². The van der Waals surface area contributed by atoms with Gasteiger partial charge in [-0.3, -0.25) is 4.79 Å². The maximum atomic E-state index is 11.2. The number of allylic oxidation sites excluding steroid dienone is 3. The van der Waals surface area contributed by atoms with E-state index in [1.807, 2.05) is 30.3 Å². The molecule has 0 fully saturated rings. The van der Waals surface area contributed by atoms with Gasteiger partial charge in [-0.15, -0.1) is 0 Å². The fraction of sp³-hybridized carbons (Fsp3) is 0.278. The molecule has 0 aromatic heterocycles. The minimum absolute atomic E-state index is 0.334. The van der Waals surface area contributed by atoms with Gasteiger partial charge in [0.05, 0.1) is 0 Å². The molecule has 0 N–H and O–H groups in total. The minimum Gasteiger partial charge on any atom is -0.425 e. The number of carbonyl (C=O) groups excluding carboxylic acids is 1. The van der Waals surface area contributed by atoms with Crippen molar-refractivity contribution in [3.8, 4) is 11.8 Å². The molecule has 0 saturated carbocycles. The van der Waals surface area contributed by atoms with Crippen LogP contribution in [-0.4, -0.2) is 5.97 Å². The summed E-state index contributed by atoms with van der Waals surface area (Å²) in [5.41, 5.74) is 2.04. The van der Waals surface area contributed by atoms with Crippen LogP contribution in [0, 0.1) is 11.8 Å². The van der Waals surface area contributed by atoms with Gasteiger partial charge in [0.1, 0.15) is 5.76 Å². The van der Waals surface area contributed by atoms with E-state index in [0.717, 1.165) is 18.4 Å². The van der Waals surface area contributed by atoms with Gasteiger partial charge >= 0.3 is 5.97 Å². The van der Waals surface area contributed by atoms with Crippen LogP contribution in [-0.2, 0) is 9.53 Å². The fourth-order valence-corrected chi connectivity index (χ4v) is 2.07. The van der Waals surface area contributed by atoms with Gasteiger partial charge < -0.3 is 4.74 Å². The van der Waals surface area contributed by atoms with Crippen LogP contribution in [0.3, 0.4) is 0 Å². The van der Waals surface area contributed by atoms with Gasteiger partial charge in [-0.25, -0.2) is 0 Å². The predicted molar refractivity (Wildman–Crippen MR) is 80.5 cm³/mol. The molecule has 0 unspecified atom stereocenters. The molecule has 1 aliphatic carbocycles. The molecule has 0 heterocycles. The third-order valence-corrected chi connectivity index (χ3v) is 3.04. The normalized spacial score (nSPS) is 14.8. The Morgan fingerprint density at radius 1 is 1.25 bits per heavy atom. The molecule has 102 valence electrons. The Balaban J connectivity index is 2.18. The number of ether oxygens (including phenoxy) is 1. The van der Waals surface area contributed by atoms with Crippen LogP contribution in [0.4, 0.5) is 0 Å². The van der Waals surface area contributed by atoms with Crippen LogP contribution in [0.5, 0.6) is 0 Å². The lowest BCUT2D eigenvalue weighted by atomic mass is 10.0. The predicted octanol–water partition coefficient (Wildman–Crippen LogP) is 4.09. The summed E-state index contributed by atoms with van der Waals surface area (Å²) in [6.07, 6.45) is 8.49. The van der Waals surface area contributed by atoms with Crippen LogP contribution in [0.25, 0.3) is 5.76 Å². The molecule has 1 aliphatic rings. The number of benzene rings is 1. The van der Waals surface area contributed by atoms with Gasteiger partial charge in [-0.2, -0.15) is 0 Å². The highest BCUT2D eigenvalue weighted by atomic mass is 16.5. The van der Waals surface area contributed by atoms with E-state index in [2.05, 4.69) is 17.9 Å². The third-order valence-electron chi connectivity index (χ3n) is 3.04. The Hall–Kier alpha value is -2.27. The van der Waals surface area contributed by atoms with Crippen LogP contribution in [0.1, 0.15) is 38.2 Å². The zero-order chi connectivity index (χ0) is 14.2. The quantitative estimate of drug-likeness (QED) is 0.458.